The third-order valence-electron chi connectivity index (χ3n) is 8.59. The van der Waals surface area contributed by atoms with Crippen LogP contribution in [0.15, 0.2) is 60.8 Å². The number of hydrogen-bond donors (Lipinski definition) is 1. The highest BCUT2D eigenvalue weighted by molar-refractivity contribution is 7.47. The Morgan fingerprint density at radius 3 is 1.57 bits per heavy atom. The molecule has 0 aromatic carbocycles. The Kier molecular flexibility index (Phi) is 37.3. The second-order valence-electron chi connectivity index (χ2n) is 14.1. The van der Waals surface area contributed by atoms with Gasteiger partial charge in [-0.1, -0.05) is 152 Å². The van der Waals surface area contributed by atoms with Gasteiger partial charge in [0.25, 0.3) is 0 Å². The van der Waals surface area contributed by atoms with Gasteiger partial charge in [-0.05, 0) is 71.9 Å². The summed E-state index contributed by atoms with van der Waals surface area (Å²) >= 11 is 0. The number of carbonyl (C=O) groups is 2. The van der Waals surface area contributed by atoms with Crippen molar-refractivity contribution in [2.24, 2.45) is 0 Å². The molecular weight excluding hydrogens is 701 g/mol. The minimum absolute atomic E-state index is 0.00110. The Balaban J connectivity index is 4.38. The topological polar surface area (TPSA) is 112 Å². The predicted molar refractivity (Wildman–Crippen MR) is 224 cm³/mol. The molecule has 0 heterocycles. The van der Waals surface area contributed by atoms with E-state index in [4.69, 9.17) is 18.5 Å². The maximum absolute atomic E-state index is 12.6. The van der Waals surface area contributed by atoms with E-state index in [2.05, 4.69) is 74.6 Å². The number of nitrogens with zero attached hydrogens (tertiary/aromatic N) is 1. The summed E-state index contributed by atoms with van der Waals surface area (Å²) < 4.78 is 33.4. The molecule has 0 radical (unpaired) electrons. The van der Waals surface area contributed by atoms with E-state index in [1.54, 1.807) is 0 Å². The van der Waals surface area contributed by atoms with Gasteiger partial charge in [0.2, 0.25) is 0 Å². The number of allylic oxidation sites excluding steroid dienone is 10. The van der Waals surface area contributed by atoms with E-state index >= 15 is 0 Å². The Morgan fingerprint density at radius 1 is 0.593 bits per heavy atom. The molecule has 0 aliphatic rings. The van der Waals surface area contributed by atoms with Gasteiger partial charge in [-0.2, -0.15) is 0 Å². The van der Waals surface area contributed by atoms with E-state index in [1.165, 1.54) is 57.8 Å². The quantitative estimate of drug-likeness (QED) is 0.0283. The van der Waals surface area contributed by atoms with Crippen LogP contribution in [0.2, 0.25) is 0 Å². The molecular formula is C44H78NO8P. The molecule has 0 aromatic rings. The van der Waals surface area contributed by atoms with Crippen molar-refractivity contribution in [2.75, 3.05) is 40.5 Å². The van der Waals surface area contributed by atoms with Gasteiger partial charge in [0, 0.05) is 19.4 Å². The van der Waals surface area contributed by atoms with Crippen LogP contribution in [0.25, 0.3) is 0 Å². The first-order chi connectivity index (χ1) is 26.2. The zero-order valence-electron chi connectivity index (χ0n) is 34.6. The van der Waals surface area contributed by atoms with E-state index < -0.39 is 26.5 Å². The van der Waals surface area contributed by atoms with Crippen molar-refractivity contribution in [3.8, 4) is 0 Å². The molecule has 0 spiro atoms. The number of unbranched alkanes of at least 4 members (excludes halogenated alkanes) is 14. The maximum atomic E-state index is 12.6. The van der Waals surface area contributed by atoms with Gasteiger partial charge in [-0.3, -0.25) is 18.6 Å². The predicted octanol–water partition coefficient (Wildman–Crippen LogP) is 11.9. The van der Waals surface area contributed by atoms with Crippen molar-refractivity contribution < 1.29 is 37.6 Å². The van der Waals surface area contributed by atoms with Gasteiger partial charge < -0.3 is 19.3 Å². The lowest BCUT2D eigenvalue weighted by Gasteiger charge is -2.20. The van der Waals surface area contributed by atoms with Crippen LogP contribution in [0.1, 0.15) is 162 Å². The van der Waals surface area contributed by atoms with Crippen LogP contribution < -0.4 is 0 Å². The van der Waals surface area contributed by atoms with Gasteiger partial charge >= 0.3 is 19.8 Å². The minimum Gasteiger partial charge on any atom is -0.462 e. The number of phosphoric acid groups is 1. The Labute approximate surface area is 330 Å². The molecule has 0 saturated carbocycles. The molecule has 312 valence electrons. The smallest absolute Gasteiger partial charge is 0.462 e. The number of likely N-dealkylation sites (N-methyl/N-ethyl adjacent to an activating group) is 1. The van der Waals surface area contributed by atoms with Crippen LogP contribution in [0.5, 0.6) is 0 Å². The summed E-state index contributed by atoms with van der Waals surface area (Å²) in [4.78, 5) is 36.9. The molecule has 0 bridgehead atoms. The molecule has 0 saturated heterocycles. The van der Waals surface area contributed by atoms with E-state index in [9.17, 15) is 19.0 Å². The monoisotopic (exact) mass is 780 g/mol. The summed E-state index contributed by atoms with van der Waals surface area (Å²) in [5.41, 5.74) is 0. The number of hydrogen-bond acceptors (Lipinski definition) is 8. The molecule has 0 aromatic heterocycles. The van der Waals surface area contributed by atoms with Crippen molar-refractivity contribution in [1.82, 2.24) is 4.90 Å². The summed E-state index contributed by atoms with van der Waals surface area (Å²) in [7, 11) is -0.734. The molecule has 0 fully saturated rings. The first-order valence-electron chi connectivity index (χ1n) is 21.1. The lowest BCUT2D eigenvalue weighted by Crippen LogP contribution is -2.29. The summed E-state index contributed by atoms with van der Waals surface area (Å²) in [5.74, 6) is -0.843. The number of rotatable bonds is 38. The molecule has 0 amide bonds. The van der Waals surface area contributed by atoms with Crippen LogP contribution in [-0.4, -0.2) is 68.3 Å². The van der Waals surface area contributed by atoms with Crippen LogP contribution >= 0.6 is 7.82 Å². The number of phosphoric ester groups is 1. The third kappa shape index (κ3) is 39.4. The highest BCUT2D eigenvalue weighted by Crippen LogP contribution is 2.43. The Hall–Kier alpha value is -2.29. The van der Waals surface area contributed by atoms with Crippen LogP contribution in [0.3, 0.4) is 0 Å². The third-order valence-corrected chi connectivity index (χ3v) is 9.57. The fraction of sp³-hybridized carbons (Fsp3) is 0.727. The normalized spacial score (nSPS) is 14.0. The van der Waals surface area contributed by atoms with Gasteiger partial charge in [0.15, 0.2) is 6.10 Å². The number of ether oxygens (including phenoxy) is 2. The van der Waals surface area contributed by atoms with Crippen molar-refractivity contribution in [1.29, 1.82) is 0 Å². The Morgan fingerprint density at radius 2 is 1.06 bits per heavy atom. The minimum atomic E-state index is -4.37. The van der Waals surface area contributed by atoms with Crippen molar-refractivity contribution >= 4 is 19.8 Å². The fourth-order valence-corrected chi connectivity index (χ4v) is 6.10. The molecule has 54 heavy (non-hydrogen) atoms. The van der Waals surface area contributed by atoms with Gasteiger partial charge in [-0.15, -0.1) is 0 Å². The molecule has 9 nitrogen and oxygen atoms in total. The number of esters is 2. The molecule has 2 unspecified atom stereocenters. The molecule has 10 heteroatoms. The number of carbonyl (C=O) groups excluding carboxylic acids is 2. The maximum Gasteiger partial charge on any atom is 0.472 e. The first-order valence-corrected chi connectivity index (χ1v) is 22.6. The van der Waals surface area contributed by atoms with E-state index in [0.29, 0.717) is 13.0 Å². The zero-order chi connectivity index (χ0) is 39.8. The van der Waals surface area contributed by atoms with Gasteiger partial charge in [-0.25, -0.2) is 4.57 Å². The van der Waals surface area contributed by atoms with Crippen molar-refractivity contribution in [3.63, 3.8) is 0 Å². The largest absolute Gasteiger partial charge is 0.472 e. The lowest BCUT2D eigenvalue weighted by molar-refractivity contribution is -0.161. The second-order valence-corrected chi connectivity index (χ2v) is 15.6. The van der Waals surface area contributed by atoms with E-state index in [-0.39, 0.29) is 32.0 Å². The zero-order valence-corrected chi connectivity index (χ0v) is 35.5. The summed E-state index contributed by atoms with van der Waals surface area (Å²) in [6.45, 7) is 4.15. The Bertz CT molecular complexity index is 1080. The standard InChI is InChI=1S/C44H78NO8P/c1-5-7-9-11-13-15-17-19-20-21-22-23-24-25-27-29-31-33-35-37-44(47)53-42(41-52-54(48,49)51-39-38-45(3)4)40-50-43(46)36-34-32-30-28-26-18-16-14-12-10-8-6-2/h7,9,13,15,19-20,22-23,25,27,42H,5-6,8,10-12,14,16-18,21,24,26,28-41H2,1-4H3,(H,48,49)/b9-7-,15-13-,20-19-,23-22-,27-25-. The summed E-state index contributed by atoms with van der Waals surface area (Å²) in [6.07, 6.45) is 44.1. The van der Waals surface area contributed by atoms with Crippen molar-refractivity contribution in [2.45, 2.75) is 168 Å². The van der Waals surface area contributed by atoms with Crippen molar-refractivity contribution in [3.05, 3.63) is 60.8 Å². The summed E-state index contributed by atoms with van der Waals surface area (Å²) in [5, 5.41) is 0. The highest BCUT2D eigenvalue weighted by Gasteiger charge is 2.26. The summed E-state index contributed by atoms with van der Waals surface area (Å²) in [6, 6.07) is 0. The lowest BCUT2D eigenvalue weighted by atomic mass is 10.0. The van der Waals surface area contributed by atoms with Crippen LogP contribution in [-0.2, 0) is 32.7 Å². The van der Waals surface area contributed by atoms with E-state index in [0.717, 1.165) is 70.6 Å². The average Bonchev–Trinajstić information content (AvgIpc) is 3.13. The van der Waals surface area contributed by atoms with Crippen LogP contribution in [0.4, 0.5) is 0 Å². The van der Waals surface area contributed by atoms with Gasteiger partial charge in [0.05, 0.1) is 13.2 Å². The molecule has 2 atom stereocenters. The average molecular weight is 780 g/mol. The fourth-order valence-electron chi connectivity index (χ4n) is 5.36. The second kappa shape index (κ2) is 39.0. The van der Waals surface area contributed by atoms with E-state index in [1.807, 2.05) is 19.0 Å². The molecule has 0 aliphatic carbocycles. The molecule has 1 N–H and O–H groups in total. The SMILES string of the molecule is CC/C=C\C/C=C\C/C=C\C/C=C\C/C=C\CCCCCC(=O)OC(COC(=O)CCCCCCCCCCCCCC)COP(=O)(O)OCCN(C)C. The first kappa shape index (κ1) is 51.7. The molecule has 0 aliphatic heterocycles. The molecule has 0 rings (SSSR count). The highest BCUT2D eigenvalue weighted by atomic mass is 31.2. The van der Waals surface area contributed by atoms with Gasteiger partial charge in [0.1, 0.15) is 6.61 Å². The van der Waals surface area contributed by atoms with Crippen LogP contribution in [0, 0.1) is 0 Å².